The summed E-state index contributed by atoms with van der Waals surface area (Å²) >= 11 is 0. The van der Waals surface area contributed by atoms with Crippen molar-refractivity contribution in [3.05, 3.63) is 54.4 Å². The van der Waals surface area contributed by atoms with Gasteiger partial charge in [0.1, 0.15) is 0 Å². The minimum atomic E-state index is 0. The van der Waals surface area contributed by atoms with Crippen LogP contribution in [0, 0.1) is 0 Å². The third-order valence-electron chi connectivity index (χ3n) is 6.42. The Morgan fingerprint density at radius 3 is 2.48 bits per heavy atom. The topological polar surface area (TPSA) is 71.9 Å². The number of hydrogen-bond donors (Lipinski definition) is 2. The highest BCUT2D eigenvalue weighted by molar-refractivity contribution is 14.0. The van der Waals surface area contributed by atoms with Gasteiger partial charge in [-0.2, -0.15) is 0 Å². The van der Waals surface area contributed by atoms with E-state index in [4.69, 9.17) is 0 Å². The maximum absolute atomic E-state index is 4.45. The van der Waals surface area contributed by atoms with E-state index in [0.717, 1.165) is 70.7 Å². The zero-order valence-electron chi connectivity index (χ0n) is 19.7. The lowest BCUT2D eigenvalue weighted by atomic mass is 10.2. The molecular formula is C24H37IN8. The summed E-state index contributed by atoms with van der Waals surface area (Å²) in [4.78, 5) is 20.5. The number of piperazine rings is 1. The summed E-state index contributed by atoms with van der Waals surface area (Å²) in [6.45, 7) is 10.2. The third kappa shape index (κ3) is 7.51. The second-order valence-corrected chi connectivity index (χ2v) is 8.72. The standard InChI is InChI=1S/C24H36N8.HI/c1-20-17-22(19-32(20)18-21-7-4-3-5-8-21)29-23(25-2)26-11-12-30-13-15-31(16-14-30)24-27-9-6-10-28-24;/h3-10,20,22H,11-19H2,1-2H3,(H2,25,26,29);1H. The normalized spacial score (nSPS) is 22.1. The first kappa shape index (κ1) is 25.6. The number of hydrogen-bond acceptors (Lipinski definition) is 6. The highest BCUT2D eigenvalue weighted by atomic mass is 127. The molecule has 1 aromatic carbocycles. The van der Waals surface area contributed by atoms with E-state index in [1.165, 1.54) is 5.56 Å². The summed E-state index contributed by atoms with van der Waals surface area (Å²) in [5, 5.41) is 7.14. The Morgan fingerprint density at radius 1 is 1.06 bits per heavy atom. The molecule has 2 atom stereocenters. The van der Waals surface area contributed by atoms with E-state index in [9.17, 15) is 0 Å². The fourth-order valence-electron chi connectivity index (χ4n) is 4.59. The van der Waals surface area contributed by atoms with E-state index in [1.54, 1.807) is 0 Å². The lowest BCUT2D eigenvalue weighted by Gasteiger charge is -2.34. The first-order chi connectivity index (χ1) is 15.7. The van der Waals surface area contributed by atoms with Gasteiger partial charge in [-0.25, -0.2) is 9.97 Å². The van der Waals surface area contributed by atoms with E-state index in [0.29, 0.717) is 12.1 Å². The monoisotopic (exact) mass is 564 g/mol. The molecule has 2 unspecified atom stereocenters. The number of anilines is 1. The number of aliphatic imine (C=N–C) groups is 1. The predicted molar refractivity (Wildman–Crippen MR) is 145 cm³/mol. The Kier molecular flexibility index (Phi) is 10.1. The van der Waals surface area contributed by atoms with E-state index in [2.05, 4.69) is 77.5 Å². The number of halogens is 1. The molecular weight excluding hydrogens is 527 g/mol. The number of nitrogens with one attached hydrogen (secondary N) is 2. The van der Waals surface area contributed by atoms with Gasteiger partial charge in [0, 0.05) is 83.9 Å². The van der Waals surface area contributed by atoms with Crippen LogP contribution < -0.4 is 15.5 Å². The molecule has 8 nitrogen and oxygen atoms in total. The van der Waals surface area contributed by atoms with E-state index < -0.39 is 0 Å². The lowest BCUT2D eigenvalue weighted by Crippen LogP contribution is -2.50. The van der Waals surface area contributed by atoms with Crippen LogP contribution in [-0.2, 0) is 6.54 Å². The molecule has 0 saturated carbocycles. The largest absolute Gasteiger partial charge is 0.355 e. The molecule has 0 bridgehead atoms. The summed E-state index contributed by atoms with van der Waals surface area (Å²) in [5.41, 5.74) is 1.38. The second-order valence-electron chi connectivity index (χ2n) is 8.72. The van der Waals surface area contributed by atoms with Gasteiger partial charge in [0.05, 0.1) is 0 Å². The van der Waals surface area contributed by atoms with Gasteiger partial charge in [0.2, 0.25) is 5.95 Å². The van der Waals surface area contributed by atoms with Gasteiger partial charge in [-0.05, 0) is 25.0 Å². The van der Waals surface area contributed by atoms with Crippen molar-refractivity contribution >= 4 is 35.9 Å². The molecule has 2 aromatic rings. The van der Waals surface area contributed by atoms with Crippen LogP contribution in [0.5, 0.6) is 0 Å². The SMILES string of the molecule is CN=C(NCCN1CCN(c2ncccn2)CC1)NC1CC(C)N(Cc2ccccc2)C1.I. The number of likely N-dealkylation sites (tertiary alicyclic amines) is 1. The Bertz CT molecular complexity index is 842. The zero-order valence-corrected chi connectivity index (χ0v) is 22.1. The predicted octanol–water partition coefficient (Wildman–Crippen LogP) is 2.04. The number of aromatic nitrogens is 2. The lowest BCUT2D eigenvalue weighted by molar-refractivity contribution is 0.257. The number of rotatable bonds is 7. The summed E-state index contributed by atoms with van der Waals surface area (Å²) in [7, 11) is 1.86. The van der Waals surface area contributed by atoms with Crippen molar-refractivity contribution in [2.24, 2.45) is 4.99 Å². The molecule has 0 amide bonds. The van der Waals surface area contributed by atoms with E-state index in [1.807, 2.05) is 25.5 Å². The minimum absolute atomic E-state index is 0. The molecule has 1 aromatic heterocycles. The molecule has 2 N–H and O–H groups in total. The number of guanidine groups is 1. The smallest absolute Gasteiger partial charge is 0.225 e. The highest BCUT2D eigenvalue weighted by Crippen LogP contribution is 2.20. The molecule has 2 fully saturated rings. The van der Waals surface area contributed by atoms with Crippen LogP contribution in [0.2, 0.25) is 0 Å². The molecule has 2 aliphatic heterocycles. The van der Waals surface area contributed by atoms with Crippen LogP contribution in [0.25, 0.3) is 0 Å². The zero-order chi connectivity index (χ0) is 22.2. The fraction of sp³-hybridized carbons (Fsp3) is 0.542. The van der Waals surface area contributed by atoms with Gasteiger partial charge in [0.25, 0.3) is 0 Å². The third-order valence-corrected chi connectivity index (χ3v) is 6.42. The molecule has 2 aliphatic rings. The fourth-order valence-corrected chi connectivity index (χ4v) is 4.59. The van der Waals surface area contributed by atoms with Crippen LogP contribution >= 0.6 is 24.0 Å². The number of benzene rings is 1. The Labute approximate surface area is 214 Å². The van der Waals surface area contributed by atoms with Crippen LogP contribution in [0.3, 0.4) is 0 Å². The van der Waals surface area contributed by atoms with Crippen LogP contribution in [0.15, 0.2) is 53.8 Å². The average molecular weight is 565 g/mol. The van der Waals surface area contributed by atoms with Crippen molar-refractivity contribution in [2.75, 3.05) is 57.8 Å². The Balaban J connectivity index is 0.00000306. The Morgan fingerprint density at radius 2 is 1.79 bits per heavy atom. The quantitative estimate of drug-likeness (QED) is 0.303. The molecule has 2 saturated heterocycles. The van der Waals surface area contributed by atoms with Crippen molar-refractivity contribution in [1.29, 1.82) is 0 Å². The molecule has 33 heavy (non-hydrogen) atoms. The van der Waals surface area contributed by atoms with Crippen molar-refractivity contribution in [3.8, 4) is 0 Å². The van der Waals surface area contributed by atoms with Gasteiger partial charge in [0.15, 0.2) is 5.96 Å². The maximum atomic E-state index is 4.45. The minimum Gasteiger partial charge on any atom is -0.355 e. The van der Waals surface area contributed by atoms with E-state index in [-0.39, 0.29) is 24.0 Å². The van der Waals surface area contributed by atoms with E-state index >= 15 is 0 Å². The number of nitrogens with zero attached hydrogens (tertiary/aromatic N) is 6. The first-order valence-electron chi connectivity index (χ1n) is 11.7. The first-order valence-corrected chi connectivity index (χ1v) is 11.7. The molecule has 3 heterocycles. The highest BCUT2D eigenvalue weighted by Gasteiger charge is 2.29. The molecule has 0 spiro atoms. The molecule has 4 rings (SSSR count). The Hall–Kier alpha value is -1.98. The summed E-state index contributed by atoms with van der Waals surface area (Å²) in [6.07, 6.45) is 4.75. The molecule has 180 valence electrons. The van der Waals surface area contributed by atoms with Crippen molar-refractivity contribution in [2.45, 2.75) is 32.0 Å². The molecule has 0 radical (unpaired) electrons. The summed E-state index contributed by atoms with van der Waals surface area (Å²) in [5.74, 6) is 1.74. The van der Waals surface area contributed by atoms with Gasteiger partial charge in [-0.15, -0.1) is 24.0 Å². The van der Waals surface area contributed by atoms with Crippen molar-refractivity contribution < 1.29 is 0 Å². The van der Waals surface area contributed by atoms with Crippen LogP contribution in [0.1, 0.15) is 18.9 Å². The van der Waals surface area contributed by atoms with Gasteiger partial charge in [-0.3, -0.25) is 14.8 Å². The second kappa shape index (κ2) is 13.0. The average Bonchev–Trinajstić information content (AvgIpc) is 3.18. The maximum Gasteiger partial charge on any atom is 0.225 e. The molecule has 0 aliphatic carbocycles. The van der Waals surface area contributed by atoms with Crippen molar-refractivity contribution in [3.63, 3.8) is 0 Å². The van der Waals surface area contributed by atoms with Crippen molar-refractivity contribution in [1.82, 2.24) is 30.4 Å². The summed E-state index contributed by atoms with van der Waals surface area (Å²) in [6, 6.07) is 13.6. The van der Waals surface area contributed by atoms with Gasteiger partial charge < -0.3 is 15.5 Å². The molecule has 9 heteroatoms. The van der Waals surface area contributed by atoms with Crippen LogP contribution in [-0.4, -0.2) is 90.7 Å². The van der Waals surface area contributed by atoms with Gasteiger partial charge >= 0.3 is 0 Å². The van der Waals surface area contributed by atoms with Gasteiger partial charge in [-0.1, -0.05) is 30.3 Å². The van der Waals surface area contributed by atoms with Crippen LogP contribution in [0.4, 0.5) is 5.95 Å². The summed E-state index contributed by atoms with van der Waals surface area (Å²) < 4.78 is 0.